The number of carbonyl (C=O) groups is 1. The minimum absolute atomic E-state index is 0.0482. The second-order valence-electron chi connectivity index (χ2n) is 7.24. The molecule has 2 unspecified atom stereocenters. The number of anilines is 1. The zero-order valence-electron chi connectivity index (χ0n) is 16.4. The average Bonchev–Trinajstić information content (AvgIpc) is 2.72. The normalized spacial score (nSPS) is 19.9. The number of benzene rings is 2. The first-order valence-electron chi connectivity index (χ1n) is 9.48. The van der Waals surface area contributed by atoms with Crippen LogP contribution in [0.4, 0.5) is 14.5 Å². The van der Waals surface area contributed by atoms with Crippen LogP contribution in [0.5, 0.6) is 0 Å². The first-order chi connectivity index (χ1) is 14.5. The summed E-state index contributed by atoms with van der Waals surface area (Å²) in [4.78, 5) is 12.3. The minimum atomic E-state index is -4.03. The van der Waals surface area contributed by atoms with E-state index in [1.165, 1.54) is 16.4 Å². The molecular weight excluding hydrogens is 473 g/mol. The molecule has 0 aliphatic carbocycles. The lowest BCUT2D eigenvalue weighted by Crippen LogP contribution is -2.45. The average molecular weight is 493 g/mol. The Hall–Kier alpha value is -1.78. The van der Waals surface area contributed by atoms with Crippen molar-refractivity contribution in [3.63, 3.8) is 0 Å². The summed E-state index contributed by atoms with van der Waals surface area (Å²) in [7, 11) is -4.03. The van der Waals surface area contributed by atoms with Gasteiger partial charge >= 0.3 is 0 Å². The number of halogens is 4. The van der Waals surface area contributed by atoms with Crippen LogP contribution in [0, 0.1) is 17.6 Å². The number of carbonyl (C=O) groups excluding carboxylic acids is 1. The molecule has 31 heavy (non-hydrogen) atoms. The van der Waals surface area contributed by atoms with Gasteiger partial charge in [0, 0.05) is 30.4 Å². The number of hydrogen-bond donors (Lipinski definition) is 2. The van der Waals surface area contributed by atoms with Crippen LogP contribution in [0.3, 0.4) is 0 Å². The Kier molecular flexibility index (Phi) is 7.22. The smallest absolute Gasteiger partial charge is 0.255 e. The zero-order valence-corrected chi connectivity index (χ0v) is 18.7. The molecule has 2 N–H and O–H groups in total. The summed E-state index contributed by atoms with van der Waals surface area (Å²) in [5.74, 6) is -3.43. The number of hydrogen-bond acceptors (Lipinski definition) is 4. The summed E-state index contributed by atoms with van der Waals surface area (Å²) in [6.45, 7) is 2.13. The summed E-state index contributed by atoms with van der Waals surface area (Å²) in [6, 6.07) is 5.51. The molecule has 2 aromatic carbocycles. The van der Waals surface area contributed by atoms with Crippen LogP contribution in [0.2, 0.25) is 10.0 Å². The van der Waals surface area contributed by atoms with Gasteiger partial charge < -0.3 is 10.4 Å². The fraction of sp³-hybridized carbons (Fsp3) is 0.350. The highest BCUT2D eigenvalue weighted by molar-refractivity contribution is 7.89. The molecule has 1 aliphatic rings. The van der Waals surface area contributed by atoms with Gasteiger partial charge in [-0.3, -0.25) is 4.79 Å². The third-order valence-electron chi connectivity index (χ3n) is 5.23. The van der Waals surface area contributed by atoms with Gasteiger partial charge in [-0.05, 0) is 43.0 Å². The van der Waals surface area contributed by atoms with E-state index in [0.29, 0.717) is 12.8 Å². The Morgan fingerprint density at radius 1 is 1.23 bits per heavy atom. The molecule has 1 fully saturated rings. The Balaban J connectivity index is 1.88. The van der Waals surface area contributed by atoms with Gasteiger partial charge in [-0.25, -0.2) is 17.2 Å². The number of rotatable bonds is 5. The Bertz CT molecular complexity index is 1090. The van der Waals surface area contributed by atoms with Crippen molar-refractivity contribution in [2.45, 2.75) is 30.8 Å². The van der Waals surface area contributed by atoms with Gasteiger partial charge in [-0.1, -0.05) is 30.1 Å². The molecule has 6 nitrogen and oxygen atoms in total. The van der Waals surface area contributed by atoms with E-state index >= 15 is 0 Å². The molecule has 0 aromatic heterocycles. The predicted octanol–water partition coefficient (Wildman–Crippen LogP) is 4.31. The minimum Gasteiger partial charge on any atom is -0.393 e. The van der Waals surface area contributed by atoms with Crippen molar-refractivity contribution in [3.05, 3.63) is 57.6 Å². The Morgan fingerprint density at radius 2 is 1.94 bits per heavy atom. The number of nitrogens with one attached hydrogen (secondary N) is 1. The van der Waals surface area contributed by atoms with E-state index in [1.54, 1.807) is 0 Å². The van der Waals surface area contributed by atoms with Gasteiger partial charge in [-0.15, -0.1) is 0 Å². The summed E-state index contributed by atoms with van der Waals surface area (Å²) < 4.78 is 54.4. The molecule has 0 radical (unpaired) electrons. The SMILES string of the molecule is CCC1CN(S(=O)(=O)c2cc(C(=O)Nc3cc(F)c(F)c(Cl)c3)ccc2Cl)CCC1O. The summed E-state index contributed by atoms with van der Waals surface area (Å²) in [6.07, 6.45) is 0.332. The monoisotopic (exact) mass is 492 g/mol. The van der Waals surface area contributed by atoms with Crippen molar-refractivity contribution in [1.29, 1.82) is 0 Å². The molecule has 0 spiro atoms. The number of aliphatic hydroxyl groups excluding tert-OH is 1. The maximum atomic E-state index is 13.5. The molecule has 1 amide bonds. The highest BCUT2D eigenvalue weighted by atomic mass is 35.5. The largest absolute Gasteiger partial charge is 0.393 e. The molecule has 2 atom stereocenters. The van der Waals surface area contributed by atoms with Crippen LogP contribution in [-0.2, 0) is 10.0 Å². The number of aliphatic hydroxyl groups is 1. The van der Waals surface area contributed by atoms with Crippen LogP contribution in [-0.4, -0.2) is 42.9 Å². The highest BCUT2D eigenvalue weighted by Crippen LogP contribution is 2.31. The Labute approximate surface area is 188 Å². The molecule has 0 bridgehead atoms. The lowest BCUT2D eigenvalue weighted by atomic mass is 9.94. The van der Waals surface area contributed by atoms with Gasteiger partial charge in [0.15, 0.2) is 11.6 Å². The van der Waals surface area contributed by atoms with Crippen molar-refractivity contribution < 1.29 is 27.1 Å². The van der Waals surface area contributed by atoms with E-state index in [4.69, 9.17) is 23.2 Å². The fourth-order valence-corrected chi connectivity index (χ4v) is 5.64. The van der Waals surface area contributed by atoms with Gasteiger partial charge in [-0.2, -0.15) is 4.31 Å². The number of sulfonamides is 1. The molecule has 168 valence electrons. The van der Waals surface area contributed by atoms with E-state index in [-0.39, 0.29) is 40.2 Å². The molecule has 0 saturated carbocycles. The zero-order chi connectivity index (χ0) is 22.9. The molecule has 1 saturated heterocycles. The van der Waals surface area contributed by atoms with Crippen LogP contribution in [0.1, 0.15) is 30.1 Å². The van der Waals surface area contributed by atoms with Crippen molar-refractivity contribution in [3.8, 4) is 0 Å². The molecular formula is C20H20Cl2F2N2O4S. The van der Waals surface area contributed by atoms with E-state index in [2.05, 4.69) is 5.32 Å². The van der Waals surface area contributed by atoms with E-state index in [0.717, 1.165) is 18.2 Å². The van der Waals surface area contributed by atoms with Gasteiger partial charge in [0.05, 0.1) is 16.1 Å². The quantitative estimate of drug-likeness (QED) is 0.609. The first-order valence-corrected chi connectivity index (χ1v) is 11.7. The van der Waals surface area contributed by atoms with Gasteiger partial charge in [0.25, 0.3) is 5.91 Å². The van der Waals surface area contributed by atoms with Crippen LogP contribution >= 0.6 is 23.2 Å². The third kappa shape index (κ3) is 5.01. The number of amides is 1. The first kappa shape index (κ1) is 23.9. The lowest BCUT2D eigenvalue weighted by molar-refractivity contribution is 0.0521. The summed E-state index contributed by atoms with van der Waals surface area (Å²) >= 11 is 11.7. The topological polar surface area (TPSA) is 86.7 Å². The fourth-order valence-electron chi connectivity index (χ4n) is 3.42. The molecule has 1 heterocycles. The Morgan fingerprint density at radius 3 is 2.58 bits per heavy atom. The molecule has 3 rings (SSSR count). The standard InChI is InChI=1S/C20H20Cl2F2N2O4S/c1-2-11-10-26(6-5-17(11)27)31(29,30)18-7-12(3-4-14(18)21)20(28)25-13-8-15(22)19(24)16(23)9-13/h3-4,7-9,11,17,27H,2,5-6,10H2,1H3,(H,25,28). The van der Waals surface area contributed by atoms with Crippen LogP contribution < -0.4 is 5.32 Å². The van der Waals surface area contributed by atoms with Gasteiger partial charge in [0.1, 0.15) is 4.90 Å². The van der Waals surface area contributed by atoms with Crippen molar-refractivity contribution in [2.75, 3.05) is 18.4 Å². The maximum absolute atomic E-state index is 13.5. The second-order valence-corrected chi connectivity index (χ2v) is 9.96. The van der Waals surface area contributed by atoms with Crippen molar-refractivity contribution in [2.24, 2.45) is 5.92 Å². The lowest BCUT2D eigenvalue weighted by Gasteiger charge is -2.35. The third-order valence-corrected chi connectivity index (χ3v) is 7.86. The van der Waals surface area contributed by atoms with Gasteiger partial charge in [0.2, 0.25) is 10.0 Å². The number of piperidine rings is 1. The summed E-state index contributed by atoms with van der Waals surface area (Å²) in [5, 5.41) is 11.8. The van der Waals surface area contributed by atoms with E-state index < -0.39 is 38.7 Å². The van der Waals surface area contributed by atoms with Crippen LogP contribution in [0.15, 0.2) is 35.2 Å². The molecule has 2 aromatic rings. The molecule has 1 aliphatic heterocycles. The van der Waals surface area contributed by atoms with E-state index in [1.807, 2.05) is 6.92 Å². The van der Waals surface area contributed by atoms with Crippen molar-refractivity contribution in [1.82, 2.24) is 4.31 Å². The predicted molar refractivity (Wildman–Crippen MR) is 114 cm³/mol. The second kappa shape index (κ2) is 9.38. The highest BCUT2D eigenvalue weighted by Gasteiger charge is 2.35. The maximum Gasteiger partial charge on any atom is 0.255 e. The van der Waals surface area contributed by atoms with Crippen LogP contribution in [0.25, 0.3) is 0 Å². The van der Waals surface area contributed by atoms with E-state index in [9.17, 15) is 27.1 Å². The number of nitrogens with zero attached hydrogens (tertiary/aromatic N) is 1. The molecule has 11 heteroatoms. The summed E-state index contributed by atoms with van der Waals surface area (Å²) in [5.41, 5.74) is -0.142. The van der Waals surface area contributed by atoms with Crippen molar-refractivity contribution >= 4 is 44.8 Å².